The maximum absolute atomic E-state index is 9.96. The molecule has 5 heteroatoms. The maximum atomic E-state index is 9.96. The van der Waals surface area contributed by atoms with E-state index in [0.717, 1.165) is 32.1 Å². The molecule has 0 aliphatic heterocycles. The van der Waals surface area contributed by atoms with E-state index in [0.29, 0.717) is 6.42 Å². The molecule has 1 heterocycles. The van der Waals surface area contributed by atoms with Gasteiger partial charge in [0.05, 0.1) is 6.54 Å². The number of unbranched alkanes of at least 4 members (excludes halogenated alkanes) is 3. The Balaban J connectivity index is 2.00. The van der Waals surface area contributed by atoms with Crippen LogP contribution in [0.4, 0.5) is 0 Å². The highest BCUT2D eigenvalue weighted by atomic mass is 16.1. The molecule has 0 unspecified atom stereocenters. The molecule has 1 rings (SSSR count). The molecule has 0 amide bonds. The Bertz CT molecular complexity index is 209. The first-order valence-electron chi connectivity index (χ1n) is 4.08. The molecule has 0 spiro atoms. The summed E-state index contributed by atoms with van der Waals surface area (Å²) in [5, 5.41) is 11.2. The van der Waals surface area contributed by atoms with E-state index in [4.69, 9.17) is 0 Å². The van der Waals surface area contributed by atoms with E-state index in [1.807, 2.05) is 0 Å². The quantitative estimate of drug-likeness (QED) is 0.456. The lowest BCUT2D eigenvalue weighted by molar-refractivity contribution is -0.107. The van der Waals surface area contributed by atoms with Crippen LogP contribution in [0.3, 0.4) is 0 Å². The third-order valence-corrected chi connectivity index (χ3v) is 1.57. The molecular formula is C7H12N4O. The predicted molar refractivity (Wildman–Crippen MR) is 42.3 cm³/mol. The predicted octanol–water partition coefficient (Wildman–Crippen LogP) is 0.432. The van der Waals surface area contributed by atoms with Crippen LogP contribution >= 0.6 is 0 Å². The number of nitrogens with zero attached hydrogens (tertiary/aromatic N) is 4. The molecule has 0 saturated carbocycles. The van der Waals surface area contributed by atoms with Gasteiger partial charge in [0.25, 0.3) is 0 Å². The number of rotatable bonds is 6. The molecular weight excluding hydrogens is 156 g/mol. The van der Waals surface area contributed by atoms with Crippen molar-refractivity contribution in [1.29, 1.82) is 0 Å². The van der Waals surface area contributed by atoms with Crippen LogP contribution in [-0.4, -0.2) is 26.5 Å². The fraction of sp³-hybridized carbons (Fsp3) is 0.714. The van der Waals surface area contributed by atoms with Crippen molar-refractivity contribution in [2.75, 3.05) is 0 Å². The van der Waals surface area contributed by atoms with Gasteiger partial charge in [0, 0.05) is 6.42 Å². The van der Waals surface area contributed by atoms with Crippen LogP contribution in [0.15, 0.2) is 6.33 Å². The van der Waals surface area contributed by atoms with Gasteiger partial charge in [-0.3, -0.25) is 0 Å². The second-order valence-corrected chi connectivity index (χ2v) is 2.55. The lowest BCUT2D eigenvalue weighted by Gasteiger charge is -1.96. The average molecular weight is 168 g/mol. The van der Waals surface area contributed by atoms with Gasteiger partial charge in [-0.15, -0.1) is 10.2 Å². The molecule has 0 radical (unpaired) electrons. The zero-order valence-corrected chi connectivity index (χ0v) is 6.89. The third-order valence-electron chi connectivity index (χ3n) is 1.57. The van der Waals surface area contributed by atoms with Gasteiger partial charge in [0.15, 0.2) is 6.33 Å². The number of hydrogen-bond donors (Lipinski definition) is 0. The standard InChI is InChI=1S/C7H12N4O/c12-6-4-2-1-3-5-11-9-7-8-10-11/h6-7H,1-5H2. The van der Waals surface area contributed by atoms with Gasteiger partial charge in [-0.25, -0.2) is 0 Å². The Hall–Kier alpha value is -1.26. The van der Waals surface area contributed by atoms with Crippen molar-refractivity contribution >= 4 is 6.29 Å². The topological polar surface area (TPSA) is 60.7 Å². The van der Waals surface area contributed by atoms with Crippen LogP contribution in [-0.2, 0) is 11.3 Å². The Morgan fingerprint density at radius 1 is 1.33 bits per heavy atom. The molecule has 66 valence electrons. The summed E-state index contributed by atoms with van der Waals surface area (Å²) in [6, 6.07) is 0. The second-order valence-electron chi connectivity index (χ2n) is 2.55. The van der Waals surface area contributed by atoms with Crippen LogP contribution in [0.1, 0.15) is 25.7 Å². The van der Waals surface area contributed by atoms with Crippen molar-refractivity contribution in [3.05, 3.63) is 6.33 Å². The highest BCUT2D eigenvalue weighted by Gasteiger charge is 1.92. The number of hydrogen-bond acceptors (Lipinski definition) is 4. The summed E-state index contributed by atoms with van der Waals surface area (Å²) in [5.74, 6) is 0. The zero-order chi connectivity index (χ0) is 8.65. The summed E-state index contributed by atoms with van der Waals surface area (Å²) in [7, 11) is 0. The van der Waals surface area contributed by atoms with Crippen molar-refractivity contribution in [3.8, 4) is 0 Å². The summed E-state index contributed by atoms with van der Waals surface area (Å²) >= 11 is 0. The maximum Gasteiger partial charge on any atom is 0.162 e. The molecule has 1 aromatic rings. The van der Waals surface area contributed by atoms with Gasteiger partial charge >= 0.3 is 0 Å². The molecule has 0 aromatic carbocycles. The first-order valence-corrected chi connectivity index (χ1v) is 4.08. The first-order chi connectivity index (χ1) is 5.93. The van der Waals surface area contributed by atoms with E-state index >= 15 is 0 Å². The lowest BCUT2D eigenvalue weighted by atomic mass is 10.2. The second kappa shape index (κ2) is 5.40. The summed E-state index contributed by atoms with van der Waals surface area (Å²) in [5.41, 5.74) is 0. The summed E-state index contributed by atoms with van der Waals surface area (Å²) in [6.07, 6.45) is 6.03. The SMILES string of the molecule is O=CCCCCCn1ncnn1. The highest BCUT2D eigenvalue weighted by Crippen LogP contribution is 1.98. The molecule has 0 aliphatic rings. The summed E-state index contributed by atoms with van der Waals surface area (Å²) in [6.45, 7) is 0.791. The van der Waals surface area contributed by atoms with Gasteiger partial charge < -0.3 is 4.79 Å². The smallest absolute Gasteiger partial charge is 0.162 e. The monoisotopic (exact) mass is 168 g/mol. The van der Waals surface area contributed by atoms with Crippen LogP contribution in [0.2, 0.25) is 0 Å². The lowest BCUT2D eigenvalue weighted by Crippen LogP contribution is -2.02. The van der Waals surface area contributed by atoms with E-state index in [9.17, 15) is 4.79 Å². The molecule has 12 heavy (non-hydrogen) atoms. The van der Waals surface area contributed by atoms with E-state index < -0.39 is 0 Å². The summed E-state index contributed by atoms with van der Waals surface area (Å²) < 4.78 is 0. The first kappa shape index (κ1) is 8.83. The van der Waals surface area contributed by atoms with E-state index in [1.54, 1.807) is 4.80 Å². The largest absolute Gasteiger partial charge is 0.303 e. The molecule has 5 nitrogen and oxygen atoms in total. The molecule has 0 bridgehead atoms. The average Bonchev–Trinajstić information content (AvgIpc) is 2.57. The van der Waals surface area contributed by atoms with Crippen molar-refractivity contribution in [3.63, 3.8) is 0 Å². The molecule has 1 aromatic heterocycles. The van der Waals surface area contributed by atoms with E-state index in [-0.39, 0.29) is 0 Å². The number of carbonyl (C=O) groups excluding carboxylic acids is 1. The Morgan fingerprint density at radius 2 is 2.25 bits per heavy atom. The van der Waals surface area contributed by atoms with Gasteiger partial charge in [-0.1, -0.05) is 6.42 Å². The normalized spacial score (nSPS) is 10.0. The van der Waals surface area contributed by atoms with Crippen molar-refractivity contribution in [1.82, 2.24) is 20.2 Å². The van der Waals surface area contributed by atoms with Crippen molar-refractivity contribution in [2.45, 2.75) is 32.2 Å². The molecule has 0 aliphatic carbocycles. The molecule has 0 N–H and O–H groups in total. The molecule has 0 fully saturated rings. The van der Waals surface area contributed by atoms with Gasteiger partial charge in [-0.05, 0) is 18.1 Å². The Morgan fingerprint density at radius 3 is 2.92 bits per heavy atom. The Labute approximate surface area is 70.8 Å². The number of aldehydes is 1. The van der Waals surface area contributed by atoms with Gasteiger partial charge in [0.1, 0.15) is 6.29 Å². The van der Waals surface area contributed by atoms with E-state index in [1.165, 1.54) is 6.33 Å². The fourth-order valence-corrected chi connectivity index (χ4v) is 0.949. The van der Waals surface area contributed by atoms with Crippen molar-refractivity contribution in [2.24, 2.45) is 0 Å². The zero-order valence-electron chi connectivity index (χ0n) is 6.89. The molecule has 0 saturated heterocycles. The summed E-state index contributed by atoms with van der Waals surface area (Å²) in [4.78, 5) is 11.5. The van der Waals surface area contributed by atoms with Crippen molar-refractivity contribution < 1.29 is 4.79 Å². The Kier molecular flexibility index (Phi) is 3.97. The minimum atomic E-state index is 0.658. The van der Waals surface area contributed by atoms with E-state index in [2.05, 4.69) is 15.4 Å². The highest BCUT2D eigenvalue weighted by molar-refractivity contribution is 5.48. The van der Waals surface area contributed by atoms with Gasteiger partial charge in [-0.2, -0.15) is 4.80 Å². The van der Waals surface area contributed by atoms with Gasteiger partial charge in [0.2, 0.25) is 0 Å². The van der Waals surface area contributed by atoms with Crippen LogP contribution < -0.4 is 0 Å². The third kappa shape index (κ3) is 3.23. The minimum absolute atomic E-state index is 0.658. The van der Waals surface area contributed by atoms with Crippen LogP contribution in [0.25, 0.3) is 0 Å². The van der Waals surface area contributed by atoms with Crippen LogP contribution in [0.5, 0.6) is 0 Å². The number of carbonyl (C=O) groups is 1. The fourth-order valence-electron chi connectivity index (χ4n) is 0.949. The molecule has 0 atom stereocenters. The number of aromatic nitrogens is 4. The minimum Gasteiger partial charge on any atom is -0.303 e. The number of tetrazole rings is 1. The number of aryl methyl sites for hydroxylation is 1. The van der Waals surface area contributed by atoms with Crippen LogP contribution in [0, 0.1) is 0 Å².